The number of hydrogen-bond acceptors (Lipinski definition) is 6. The third-order valence-electron chi connectivity index (χ3n) is 14.9. The van der Waals surface area contributed by atoms with Gasteiger partial charge in [-0.25, -0.2) is 0 Å². The Morgan fingerprint density at radius 3 is 0.810 bits per heavy atom. The van der Waals surface area contributed by atoms with Gasteiger partial charge in [-0.15, -0.1) is 0 Å². The molecule has 1 atom stereocenters. The zero-order valence-corrected chi connectivity index (χ0v) is 52.4. The fourth-order valence-electron chi connectivity index (χ4n) is 9.76. The summed E-state index contributed by atoms with van der Waals surface area (Å²) in [7, 11) is 0. The van der Waals surface area contributed by atoms with Gasteiger partial charge in [0.25, 0.3) is 0 Å². The Morgan fingerprint density at radius 2 is 0.494 bits per heavy atom. The lowest BCUT2D eigenvalue weighted by Crippen LogP contribution is -2.30. The van der Waals surface area contributed by atoms with Crippen LogP contribution in [0.25, 0.3) is 0 Å². The summed E-state index contributed by atoms with van der Waals surface area (Å²) in [5.41, 5.74) is 0. The Hall–Kier alpha value is -3.41. The highest BCUT2D eigenvalue weighted by atomic mass is 16.6. The number of carbonyl (C=O) groups excluding carboxylic acids is 3. The van der Waals surface area contributed by atoms with Crippen LogP contribution in [0.3, 0.4) is 0 Å². The minimum absolute atomic E-state index is 0.0891. The zero-order chi connectivity index (χ0) is 57.1. The molecule has 0 spiro atoms. The Morgan fingerprint density at radius 1 is 0.266 bits per heavy atom. The van der Waals surface area contributed by atoms with Crippen LogP contribution in [-0.4, -0.2) is 37.2 Å². The van der Waals surface area contributed by atoms with Gasteiger partial charge in [-0.3, -0.25) is 14.4 Å². The molecule has 0 amide bonds. The Labute approximate surface area is 490 Å². The lowest BCUT2D eigenvalue weighted by atomic mass is 10.0. The van der Waals surface area contributed by atoms with E-state index in [4.69, 9.17) is 14.2 Å². The number of esters is 3. The molecule has 0 N–H and O–H groups in total. The number of unbranched alkanes of at least 4 members (excludes halogenated alkanes) is 37. The average molecular weight is 1100 g/mol. The second-order valence-corrected chi connectivity index (χ2v) is 22.7. The van der Waals surface area contributed by atoms with Crippen molar-refractivity contribution in [3.05, 3.63) is 85.1 Å². The highest BCUT2D eigenvalue weighted by Crippen LogP contribution is 2.17. The first-order valence-corrected chi connectivity index (χ1v) is 34.1. The van der Waals surface area contributed by atoms with Crippen LogP contribution in [0.4, 0.5) is 0 Å². The smallest absolute Gasteiger partial charge is 0.306 e. The van der Waals surface area contributed by atoms with Gasteiger partial charge in [0.1, 0.15) is 13.2 Å². The van der Waals surface area contributed by atoms with Crippen molar-refractivity contribution in [3.63, 3.8) is 0 Å². The third-order valence-corrected chi connectivity index (χ3v) is 14.9. The topological polar surface area (TPSA) is 78.9 Å². The molecule has 0 aromatic heterocycles. The van der Waals surface area contributed by atoms with E-state index < -0.39 is 6.10 Å². The Bertz CT molecular complexity index is 1500. The maximum Gasteiger partial charge on any atom is 0.306 e. The van der Waals surface area contributed by atoms with Crippen LogP contribution in [0, 0.1) is 0 Å². The lowest BCUT2D eigenvalue weighted by molar-refractivity contribution is -0.167. The molecule has 0 bridgehead atoms. The number of carbonyl (C=O) groups is 3. The van der Waals surface area contributed by atoms with Gasteiger partial charge in [-0.2, -0.15) is 0 Å². The normalized spacial score (nSPS) is 12.6. The maximum atomic E-state index is 12.9. The molecule has 0 aliphatic rings. The van der Waals surface area contributed by atoms with E-state index in [2.05, 4.69) is 106 Å². The third kappa shape index (κ3) is 65.3. The van der Waals surface area contributed by atoms with Crippen molar-refractivity contribution < 1.29 is 28.6 Å². The molecule has 0 aromatic carbocycles. The van der Waals surface area contributed by atoms with E-state index in [0.717, 1.165) is 116 Å². The van der Waals surface area contributed by atoms with Crippen LogP contribution >= 0.6 is 0 Å². The lowest BCUT2D eigenvalue weighted by Gasteiger charge is -2.18. The fourth-order valence-corrected chi connectivity index (χ4v) is 9.76. The predicted molar refractivity (Wildman–Crippen MR) is 344 cm³/mol. The second kappa shape index (κ2) is 67.1. The fraction of sp³-hybridized carbons (Fsp3) is 0.767. The molecule has 1 unspecified atom stereocenters. The van der Waals surface area contributed by atoms with E-state index in [1.807, 2.05) is 0 Å². The van der Waals surface area contributed by atoms with Gasteiger partial charge in [-0.1, -0.05) is 292 Å². The SMILES string of the molecule is CC/C=C\C/C=C\C/C=C\CCCCCC(=O)OCC(COC(=O)CCCCCCCCCCCCCCCCCCCCCCC/C=C\C/C=C\CCCCCCC)OC(=O)CCCCCCC/C=C\C/C=C\CCCCC. The largest absolute Gasteiger partial charge is 0.462 e. The number of rotatable bonds is 62. The molecule has 6 heteroatoms. The summed E-state index contributed by atoms with van der Waals surface area (Å²) in [6, 6.07) is 0. The van der Waals surface area contributed by atoms with E-state index in [1.165, 1.54) is 186 Å². The standard InChI is InChI=1S/C73H128O6/c1-4-7-10-13-16-19-22-25-27-28-29-30-31-32-33-34-35-36-37-38-39-40-41-42-43-44-46-48-51-54-57-60-63-66-72(75)78-69-70(68-77-71(74)65-62-59-56-53-50-47-24-21-18-15-12-9-6-3)79-73(76)67-64-61-58-55-52-49-45-26-23-20-17-14-11-8-5-2/h9,12,17-18,20-22,25-26,28-29,45,47,50,70H,4-8,10-11,13-16,19,23-24,27,30-44,46,48-49,51-69H2,1-3H3/b12-9-,20-17-,21-18-,25-22-,29-28-,45-26-,50-47-. The van der Waals surface area contributed by atoms with Gasteiger partial charge in [0.05, 0.1) is 0 Å². The van der Waals surface area contributed by atoms with E-state index in [0.29, 0.717) is 19.3 Å². The molecule has 0 fully saturated rings. The van der Waals surface area contributed by atoms with E-state index in [1.54, 1.807) is 0 Å². The van der Waals surface area contributed by atoms with Crippen LogP contribution in [0.15, 0.2) is 85.1 Å². The summed E-state index contributed by atoms with van der Waals surface area (Å²) >= 11 is 0. The van der Waals surface area contributed by atoms with Crippen molar-refractivity contribution >= 4 is 17.9 Å². The molecule has 0 aliphatic heterocycles. The molecule has 6 nitrogen and oxygen atoms in total. The molecule has 0 saturated heterocycles. The second-order valence-electron chi connectivity index (χ2n) is 22.7. The van der Waals surface area contributed by atoms with Crippen LogP contribution in [0.2, 0.25) is 0 Å². The summed E-state index contributed by atoms with van der Waals surface area (Å²) in [6.45, 7) is 6.48. The molecule has 0 aliphatic carbocycles. The minimum atomic E-state index is -0.795. The van der Waals surface area contributed by atoms with Crippen molar-refractivity contribution in [2.24, 2.45) is 0 Å². The highest BCUT2D eigenvalue weighted by molar-refractivity contribution is 5.71. The molecule has 0 aromatic rings. The number of allylic oxidation sites excluding steroid dienone is 14. The maximum absolute atomic E-state index is 12.9. The van der Waals surface area contributed by atoms with Gasteiger partial charge in [-0.05, 0) is 116 Å². The van der Waals surface area contributed by atoms with Crippen molar-refractivity contribution in [2.75, 3.05) is 13.2 Å². The molecule has 0 saturated carbocycles. The van der Waals surface area contributed by atoms with Crippen molar-refractivity contribution in [1.82, 2.24) is 0 Å². The molecule has 0 heterocycles. The molecular formula is C73H128O6. The predicted octanol–water partition coefficient (Wildman–Crippen LogP) is 23.4. The zero-order valence-electron chi connectivity index (χ0n) is 52.4. The first-order chi connectivity index (χ1) is 39.0. The van der Waals surface area contributed by atoms with Gasteiger partial charge < -0.3 is 14.2 Å². The summed E-state index contributed by atoms with van der Waals surface area (Å²) in [4.78, 5) is 38.3. The van der Waals surface area contributed by atoms with Crippen LogP contribution in [0.1, 0.15) is 342 Å². The molecule has 0 rings (SSSR count). The first kappa shape index (κ1) is 75.6. The molecule has 0 radical (unpaired) electrons. The average Bonchev–Trinajstić information content (AvgIpc) is 3.45. The summed E-state index contributed by atoms with van der Waals surface area (Å²) in [5, 5.41) is 0. The summed E-state index contributed by atoms with van der Waals surface area (Å²) in [5.74, 6) is -0.921. The minimum Gasteiger partial charge on any atom is -0.462 e. The number of ether oxygens (including phenoxy) is 3. The van der Waals surface area contributed by atoms with Crippen molar-refractivity contribution in [3.8, 4) is 0 Å². The number of hydrogen-bond donors (Lipinski definition) is 0. The molecule has 79 heavy (non-hydrogen) atoms. The van der Waals surface area contributed by atoms with Gasteiger partial charge >= 0.3 is 17.9 Å². The molecular weight excluding hydrogens is 973 g/mol. The van der Waals surface area contributed by atoms with Gasteiger partial charge in [0.15, 0.2) is 6.10 Å². The van der Waals surface area contributed by atoms with Gasteiger partial charge in [0.2, 0.25) is 0 Å². The van der Waals surface area contributed by atoms with Crippen molar-refractivity contribution in [1.29, 1.82) is 0 Å². The Balaban J connectivity index is 4.14. The summed E-state index contributed by atoms with van der Waals surface area (Å²) in [6.07, 6.45) is 89.1. The van der Waals surface area contributed by atoms with Gasteiger partial charge in [0, 0.05) is 19.3 Å². The van der Waals surface area contributed by atoms with E-state index >= 15 is 0 Å². The molecule has 456 valence electrons. The summed E-state index contributed by atoms with van der Waals surface area (Å²) < 4.78 is 16.9. The highest BCUT2D eigenvalue weighted by Gasteiger charge is 2.19. The van der Waals surface area contributed by atoms with E-state index in [-0.39, 0.29) is 31.1 Å². The first-order valence-electron chi connectivity index (χ1n) is 34.1. The monoisotopic (exact) mass is 1100 g/mol. The van der Waals surface area contributed by atoms with E-state index in [9.17, 15) is 14.4 Å². The quantitative estimate of drug-likeness (QED) is 0.0261. The van der Waals surface area contributed by atoms with Crippen LogP contribution in [-0.2, 0) is 28.6 Å². The van der Waals surface area contributed by atoms with Crippen LogP contribution in [0.5, 0.6) is 0 Å². The Kier molecular flexibility index (Phi) is 64.2. The van der Waals surface area contributed by atoms with Crippen LogP contribution < -0.4 is 0 Å². The van der Waals surface area contributed by atoms with Crippen molar-refractivity contribution in [2.45, 2.75) is 348 Å².